The maximum atomic E-state index is 12.6. The van der Waals surface area contributed by atoms with Gasteiger partial charge in [0, 0.05) is 17.2 Å². The smallest absolute Gasteiger partial charge is 0.251 e. The Labute approximate surface area is 148 Å². The van der Waals surface area contributed by atoms with Gasteiger partial charge in [0.2, 0.25) is 5.91 Å². The number of amides is 2. The van der Waals surface area contributed by atoms with Gasteiger partial charge in [0.1, 0.15) is 0 Å². The zero-order chi connectivity index (χ0) is 17.6. The first-order valence-electron chi connectivity index (χ1n) is 8.94. The fraction of sp³-hybridized carbons (Fsp3) is 0.333. The Balaban J connectivity index is 1.64. The van der Waals surface area contributed by atoms with Crippen LogP contribution in [0.2, 0.25) is 0 Å². The van der Waals surface area contributed by atoms with Gasteiger partial charge in [-0.1, -0.05) is 43.7 Å². The fourth-order valence-electron chi connectivity index (χ4n) is 2.83. The van der Waals surface area contributed by atoms with Crippen LogP contribution in [0.1, 0.15) is 54.6 Å². The zero-order valence-corrected chi connectivity index (χ0v) is 14.5. The van der Waals surface area contributed by atoms with Crippen molar-refractivity contribution in [1.82, 2.24) is 5.32 Å². The van der Waals surface area contributed by atoms with E-state index in [0.717, 1.165) is 36.9 Å². The molecule has 0 saturated heterocycles. The normalized spacial score (nSPS) is 14.6. The Kier molecular flexibility index (Phi) is 5.49. The highest BCUT2D eigenvalue weighted by Gasteiger charge is 2.29. The standard InChI is InChI=1S/C21H24N2O2/c1-2-6-19(15-7-4-3-5-8-15)23-21(25)17-11-13-18(14-12-17)22-20(24)16-9-10-16/h3-5,7-8,11-14,16,19H,2,6,9-10H2,1H3,(H,22,24)(H,23,25). The third-order valence-corrected chi connectivity index (χ3v) is 4.45. The molecule has 2 aromatic carbocycles. The predicted octanol–water partition coefficient (Wildman–Crippen LogP) is 4.31. The molecule has 130 valence electrons. The van der Waals surface area contributed by atoms with Crippen molar-refractivity contribution in [2.24, 2.45) is 5.92 Å². The lowest BCUT2D eigenvalue weighted by Gasteiger charge is -2.19. The van der Waals surface area contributed by atoms with Crippen molar-refractivity contribution < 1.29 is 9.59 Å². The highest BCUT2D eigenvalue weighted by atomic mass is 16.2. The predicted molar refractivity (Wildman–Crippen MR) is 99.4 cm³/mol. The monoisotopic (exact) mass is 336 g/mol. The van der Waals surface area contributed by atoms with Gasteiger partial charge in [-0.25, -0.2) is 0 Å². The Hall–Kier alpha value is -2.62. The quantitative estimate of drug-likeness (QED) is 0.792. The minimum atomic E-state index is -0.0950. The van der Waals surface area contributed by atoms with Crippen molar-refractivity contribution in [3.8, 4) is 0 Å². The summed E-state index contributed by atoms with van der Waals surface area (Å²) in [6.45, 7) is 2.11. The molecule has 2 amide bonds. The van der Waals surface area contributed by atoms with Crippen LogP contribution in [-0.4, -0.2) is 11.8 Å². The van der Waals surface area contributed by atoms with Crippen LogP contribution in [0.4, 0.5) is 5.69 Å². The molecule has 2 N–H and O–H groups in total. The van der Waals surface area contributed by atoms with Gasteiger partial charge in [0.25, 0.3) is 5.91 Å². The van der Waals surface area contributed by atoms with Crippen LogP contribution in [0, 0.1) is 5.92 Å². The van der Waals surface area contributed by atoms with Crippen molar-refractivity contribution in [3.05, 3.63) is 65.7 Å². The number of hydrogen-bond donors (Lipinski definition) is 2. The van der Waals surface area contributed by atoms with E-state index in [-0.39, 0.29) is 23.8 Å². The van der Waals surface area contributed by atoms with Gasteiger partial charge in [-0.15, -0.1) is 0 Å². The van der Waals surface area contributed by atoms with E-state index in [1.807, 2.05) is 30.3 Å². The Morgan fingerprint density at radius 3 is 2.32 bits per heavy atom. The number of carbonyl (C=O) groups is 2. The molecule has 1 atom stereocenters. The number of anilines is 1. The Morgan fingerprint density at radius 1 is 1.04 bits per heavy atom. The molecular weight excluding hydrogens is 312 g/mol. The first kappa shape index (κ1) is 17.2. The lowest BCUT2D eigenvalue weighted by atomic mass is 10.0. The van der Waals surface area contributed by atoms with Crippen molar-refractivity contribution in [3.63, 3.8) is 0 Å². The summed E-state index contributed by atoms with van der Waals surface area (Å²) >= 11 is 0. The molecule has 1 aliphatic rings. The molecule has 1 aliphatic carbocycles. The molecule has 3 rings (SSSR count). The SMILES string of the molecule is CCCC(NC(=O)c1ccc(NC(=O)C2CC2)cc1)c1ccccc1. The zero-order valence-electron chi connectivity index (χ0n) is 14.5. The summed E-state index contributed by atoms with van der Waals surface area (Å²) in [6, 6.07) is 17.1. The molecule has 0 radical (unpaired) electrons. The average Bonchev–Trinajstić information content (AvgIpc) is 3.48. The summed E-state index contributed by atoms with van der Waals surface area (Å²) in [5, 5.41) is 6.00. The van der Waals surface area contributed by atoms with Gasteiger partial charge in [0.15, 0.2) is 0 Å². The molecule has 4 nitrogen and oxygen atoms in total. The Morgan fingerprint density at radius 2 is 1.72 bits per heavy atom. The van der Waals surface area contributed by atoms with E-state index in [1.165, 1.54) is 0 Å². The number of nitrogens with one attached hydrogen (secondary N) is 2. The number of carbonyl (C=O) groups excluding carboxylic acids is 2. The van der Waals surface area contributed by atoms with Gasteiger partial charge < -0.3 is 10.6 Å². The van der Waals surface area contributed by atoms with Crippen LogP contribution < -0.4 is 10.6 Å². The molecule has 1 saturated carbocycles. The molecule has 4 heteroatoms. The van der Waals surface area contributed by atoms with Crippen LogP contribution in [0.5, 0.6) is 0 Å². The number of benzene rings is 2. The van der Waals surface area contributed by atoms with Crippen LogP contribution in [0.15, 0.2) is 54.6 Å². The summed E-state index contributed by atoms with van der Waals surface area (Å²) < 4.78 is 0. The second-order valence-electron chi connectivity index (χ2n) is 6.57. The van der Waals surface area contributed by atoms with E-state index in [0.29, 0.717) is 5.56 Å². The van der Waals surface area contributed by atoms with Crippen molar-refractivity contribution in [2.45, 2.75) is 38.6 Å². The largest absolute Gasteiger partial charge is 0.345 e. The summed E-state index contributed by atoms with van der Waals surface area (Å²) in [7, 11) is 0. The van der Waals surface area contributed by atoms with E-state index in [9.17, 15) is 9.59 Å². The molecule has 0 spiro atoms. The van der Waals surface area contributed by atoms with E-state index in [2.05, 4.69) is 17.6 Å². The summed E-state index contributed by atoms with van der Waals surface area (Å²) in [4.78, 5) is 24.3. The van der Waals surface area contributed by atoms with Crippen LogP contribution in [-0.2, 0) is 4.79 Å². The third kappa shape index (κ3) is 4.69. The van der Waals surface area contributed by atoms with Crippen LogP contribution in [0.3, 0.4) is 0 Å². The molecular formula is C21H24N2O2. The topological polar surface area (TPSA) is 58.2 Å². The summed E-state index contributed by atoms with van der Waals surface area (Å²) in [5.41, 5.74) is 2.45. The second-order valence-corrected chi connectivity index (χ2v) is 6.57. The van der Waals surface area contributed by atoms with Gasteiger partial charge in [-0.05, 0) is 49.1 Å². The van der Waals surface area contributed by atoms with Crippen molar-refractivity contribution >= 4 is 17.5 Å². The molecule has 1 unspecified atom stereocenters. The highest BCUT2D eigenvalue weighted by molar-refractivity contribution is 5.97. The maximum absolute atomic E-state index is 12.6. The van der Waals surface area contributed by atoms with Crippen molar-refractivity contribution in [2.75, 3.05) is 5.32 Å². The molecule has 0 heterocycles. The number of hydrogen-bond acceptors (Lipinski definition) is 2. The number of rotatable bonds is 7. The lowest BCUT2D eigenvalue weighted by Crippen LogP contribution is -2.28. The minimum Gasteiger partial charge on any atom is -0.345 e. The molecule has 0 aliphatic heterocycles. The Bertz CT molecular complexity index is 721. The van der Waals surface area contributed by atoms with E-state index in [4.69, 9.17) is 0 Å². The van der Waals surface area contributed by atoms with Crippen LogP contribution in [0.25, 0.3) is 0 Å². The van der Waals surface area contributed by atoms with Crippen molar-refractivity contribution in [1.29, 1.82) is 0 Å². The van der Waals surface area contributed by atoms with Gasteiger partial charge >= 0.3 is 0 Å². The average molecular weight is 336 g/mol. The third-order valence-electron chi connectivity index (χ3n) is 4.45. The van der Waals surface area contributed by atoms with Gasteiger partial charge in [-0.3, -0.25) is 9.59 Å². The van der Waals surface area contributed by atoms with Crippen LogP contribution >= 0.6 is 0 Å². The molecule has 2 aromatic rings. The molecule has 25 heavy (non-hydrogen) atoms. The lowest BCUT2D eigenvalue weighted by molar-refractivity contribution is -0.117. The van der Waals surface area contributed by atoms with E-state index in [1.54, 1.807) is 24.3 Å². The van der Waals surface area contributed by atoms with Gasteiger partial charge in [0.05, 0.1) is 6.04 Å². The minimum absolute atomic E-state index is 0.00736. The van der Waals surface area contributed by atoms with Gasteiger partial charge in [-0.2, -0.15) is 0 Å². The molecule has 1 fully saturated rings. The molecule has 0 aromatic heterocycles. The fourth-order valence-corrected chi connectivity index (χ4v) is 2.83. The maximum Gasteiger partial charge on any atom is 0.251 e. The summed E-state index contributed by atoms with van der Waals surface area (Å²) in [6.07, 6.45) is 3.84. The highest BCUT2D eigenvalue weighted by Crippen LogP contribution is 2.30. The first-order chi connectivity index (χ1) is 12.2. The molecule has 0 bridgehead atoms. The van der Waals surface area contributed by atoms with E-state index >= 15 is 0 Å². The first-order valence-corrected chi connectivity index (χ1v) is 8.94. The second kappa shape index (κ2) is 7.97. The van der Waals surface area contributed by atoms with E-state index < -0.39 is 0 Å². The summed E-state index contributed by atoms with van der Waals surface area (Å²) in [5.74, 6) is 0.148.